The number of rotatable bonds is 7. The van der Waals surface area contributed by atoms with E-state index >= 15 is 0 Å². The number of benzene rings is 1. The zero-order valence-electron chi connectivity index (χ0n) is 12.8. The molecule has 0 atom stereocenters. The summed E-state index contributed by atoms with van der Waals surface area (Å²) in [4.78, 5) is 22.6. The molecule has 1 amide bonds. The fourth-order valence-electron chi connectivity index (χ4n) is 1.76. The van der Waals surface area contributed by atoms with Crippen molar-refractivity contribution in [2.45, 2.75) is 19.8 Å². The molecule has 0 fully saturated rings. The Morgan fingerprint density at radius 1 is 1.35 bits per heavy atom. The van der Waals surface area contributed by atoms with Crippen LogP contribution in [0.3, 0.4) is 0 Å². The van der Waals surface area contributed by atoms with Gasteiger partial charge in [-0.15, -0.1) is 0 Å². The van der Waals surface area contributed by atoms with Gasteiger partial charge in [-0.3, -0.25) is 9.59 Å². The number of hydrogen-bond donors (Lipinski definition) is 1. The Balaban J connectivity index is 2.64. The molecule has 0 aliphatic rings. The molecule has 0 radical (unpaired) electrons. The average molecular weight is 343 g/mol. The minimum atomic E-state index is -3.85. The summed E-state index contributed by atoms with van der Waals surface area (Å²) in [5.74, 6) is -2.18. The molecule has 6 nitrogen and oxygen atoms in total. The summed E-state index contributed by atoms with van der Waals surface area (Å²) >= 11 is 0. The molecule has 0 aromatic heterocycles. The van der Waals surface area contributed by atoms with Gasteiger partial charge in [-0.1, -0.05) is 12.1 Å². The van der Waals surface area contributed by atoms with Crippen LogP contribution in [0.4, 0.5) is 4.39 Å². The standard InChI is InChI=1S/C15H18FNO5S/c1-11(12-5-3-6-13(16)10-12)9-14(18)17-23(20,21)8-4-7-15(19)22-2/h3,5-6,9-10H,4,7-8H2,1-2H3,(H,17,18)/b11-9-. The number of methoxy groups -OCH3 is 1. The van der Waals surface area contributed by atoms with Crippen LogP contribution in [0, 0.1) is 5.82 Å². The predicted molar refractivity (Wildman–Crippen MR) is 83.2 cm³/mol. The monoisotopic (exact) mass is 343 g/mol. The Hall–Kier alpha value is -2.22. The first-order valence-electron chi connectivity index (χ1n) is 6.79. The zero-order chi connectivity index (χ0) is 17.5. The normalized spacial score (nSPS) is 11.9. The lowest BCUT2D eigenvalue weighted by atomic mass is 10.1. The molecule has 23 heavy (non-hydrogen) atoms. The molecule has 1 aromatic carbocycles. The minimum Gasteiger partial charge on any atom is -0.469 e. The SMILES string of the molecule is COC(=O)CCCS(=O)(=O)NC(=O)/C=C(/C)c1cccc(F)c1. The number of allylic oxidation sites excluding steroid dienone is 1. The zero-order valence-corrected chi connectivity index (χ0v) is 13.7. The number of sulfonamides is 1. The van der Waals surface area contributed by atoms with Crippen molar-refractivity contribution in [2.75, 3.05) is 12.9 Å². The number of carbonyl (C=O) groups excluding carboxylic acids is 2. The van der Waals surface area contributed by atoms with E-state index in [2.05, 4.69) is 4.74 Å². The quantitative estimate of drug-likeness (QED) is 0.600. The van der Waals surface area contributed by atoms with E-state index in [4.69, 9.17) is 0 Å². The molecule has 0 heterocycles. The van der Waals surface area contributed by atoms with Crippen molar-refractivity contribution in [1.82, 2.24) is 4.72 Å². The second-order valence-electron chi connectivity index (χ2n) is 4.80. The van der Waals surface area contributed by atoms with Gasteiger partial charge >= 0.3 is 5.97 Å². The van der Waals surface area contributed by atoms with Gasteiger partial charge in [0.2, 0.25) is 10.0 Å². The van der Waals surface area contributed by atoms with Crippen molar-refractivity contribution in [2.24, 2.45) is 0 Å². The van der Waals surface area contributed by atoms with Crippen LogP contribution < -0.4 is 4.72 Å². The Morgan fingerprint density at radius 2 is 2.04 bits per heavy atom. The van der Waals surface area contributed by atoms with Crippen LogP contribution in [0.15, 0.2) is 30.3 Å². The van der Waals surface area contributed by atoms with Crippen LogP contribution in [-0.4, -0.2) is 33.2 Å². The number of halogens is 1. The van der Waals surface area contributed by atoms with Gasteiger partial charge in [0.25, 0.3) is 5.91 Å². The topological polar surface area (TPSA) is 89.5 Å². The summed E-state index contributed by atoms with van der Waals surface area (Å²) in [7, 11) is -2.64. The molecule has 0 bridgehead atoms. The van der Waals surface area contributed by atoms with Crippen LogP contribution in [0.25, 0.3) is 5.57 Å². The van der Waals surface area contributed by atoms with E-state index in [0.717, 1.165) is 6.08 Å². The molecule has 8 heteroatoms. The van der Waals surface area contributed by atoms with Gasteiger partial charge in [0.1, 0.15) is 5.82 Å². The van der Waals surface area contributed by atoms with Crippen LogP contribution in [0.5, 0.6) is 0 Å². The number of amides is 1. The smallest absolute Gasteiger partial charge is 0.305 e. The second-order valence-corrected chi connectivity index (χ2v) is 6.64. The molecular weight excluding hydrogens is 325 g/mol. The highest BCUT2D eigenvalue weighted by molar-refractivity contribution is 7.90. The van der Waals surface area contributed by atoms with E-state index in [9.17, 15) is 22.4 Å². The van der Waals surface area contributed by atoms with E-state index < -0.39 is 27.7 Å². The highest BCUT2D eigenvalue weighted by Crippen LogP contribution is 2.14. The largest absolute Gasteiger partial charge is 0.469 e. The Morgan fingerprint density at radius 3 is 2.65 bits per heavy atom. The van der Waals surface area contributed by atoms with Gasteiger partial charge in [0.15, 0.2) is 0 Å². The fourth-order valence-corrected chi connectivity index (χ4v) is 2.75. The summed E-state index contributed by atoms with van der Waals surface area (Å²) in [5, 5.41) is 0. The van der Waals surface area contributed by atoms with E-state index in [-0.39, 0.29) is 18.6 Å². The Kier molecular flexibility index (Phi) is 6.89. The summed E-state index contributed by atoms with van der Waals surface area (Å²) in [6.07, 6.45) is 1.07. The van der Waals surface area contributed by atoms with Crippen LogP contribution in [-0.2, 0) is 24.3 Å². The molecule has 1 N–H and O–H groups in total. The Labute approximate surface area is 134 Å². The molecule has 1 rings (SSSR count). The summed E-state index contributed by atoms with van der Waals surface area (Å²) in [6.45, 7) is 1.57. The van der Waals surface area contributed by atoms with Crippen molar-refractivity contribution < 1.29 is 27.1 Å². The van der Waals surface area contributed by atoms with Crippen LogP contribution >= 0.6 is 0 Å². The highest BCUT2D eigenvalue weighted by Gasteiger charge is 2.14. The number of ether oxygens (including phenoxy) is 1. The lowest BCUT2D eigenvalue weighted by Gasteiger charge is -2.06. The molecule has 0 aliphatic heterocycles. The number of nitrogens with one attached hydrogen (secondary N) is 1. The number of carbonyl (C=O) groups is 2. The lowest BCUT2D eigenvalue weighted by Crippen LogP contribution is -2.31. The van der Waals surface area contributed by atoms with Crippen molar-refractivity contribution in [3.8, 4) is 0 Å². The lowest BCUT2D eigenvalue weighted by molar-refractivity contribution is -0.140. The van der Waals surface area contributed by atoms with E-state index in [1.54, 1.807) is 13.0 Å². The summed E-state index contributed by atoms with van der Waals surface area (Å²) in [5.41, 5.74) is 0.898. The maximum absolute atomic E-state index is 13.1. The van der Waals surface area contributed by atoms with Crippen molar-refractivity contribution in [3.63, 3.8) is 0 Å². The minimum absolute atomic E-state index is 0.0435. The first kappa shape index (κ1) is 18.8. The molecular formula is C15H18FNO5S. The average Bonchev–Trinajstić information content (AvgIpc) is 2.45. The molecule has 0 saturated carbocycles. The summed E-state index contributed by atoms with van der Waals surface area (Å²) < 4.78 is 42.8. The summed E-state index contributed by atoms with van der Waals surface area (Å²) in [6, 6.07) is 5.60. The molecule has 0 unspecified atom stereocenters. The molecule has 126 valence electrons. The predicted octanol–water partition coefficient (Wildman–Crippen LogP) is 1.63. The first-order chi connectivity index (χ1) is 10.7. The van der Waals surface area contributed by atoms with Gasteiger partial charge in [-0.25, -0.2) is 17.5 Å². The van der Waals surface area contributed by atoms with Crippen molar-refractivity contribution >= 4 is 27.5 Å². The molecule has 0 aliphatic carbocycles. The van der Waals surface area contributed by atoms with Gasteiger partial charge < -0.3 is 4.74 Å². The third-order valence-electron chi connectivity index (χ3n) is 2.91. The molecule has 0 saturated heterocycles. The van der Waals surface area contributed by atoms with Crippen molar-refractivity contribution in [3.05, 3.63) is 41.7 Å². The number of esters is 1. The number of hydrogen-bond acceptors (Lipinski definition) is 5. The first-order valence-corrected chi connectivity index (χ1v) is 8.44. The van der Waals surface area contributed by atoms with E-state index in [1.165, 1.54) is 25.3 Å². The van der Waals surface area contributed by atoms with E-state index in [0.29, 0.717) is 11.1 Å². The van der Waals surface area contributed by atoms with Gasteiger partial charge in [0, 0.05) is 12.5 Å². The van der Waals surface area contributed by atoms with Gasteiger partial charge in [0.05, 0.1) is 12.9 Å². The Bertz CT molecular complexity index is 712. The maximum atomic E-state index is 13.1. The van der Waals surface area contributed by atoms with Gasteiger partial charge in [-0.2, -0.15) is 0 Å². The second kappa shape index (κ2) is 8.42. The third-order valence-corrected chi connectivity index (χ3v) is 4.24. The molecule has 1 aromatic rings. The highest BCUT2D eigenvalue weighted by atomic mass is 32.2. The third kappa shape index (κ3) is 7.05. The van der Waals surface area contributed by atoms with Crippen LogP contribution in [0.2, 0.25) is 0 Å². The maximum Gasteiger partial charge on any atom is 0.305 e. The van der Waals surface area contributed by atoms with Crippen LogP contribution in [0.1, 0.15) is 25.3 Å². The van der Waals surface area contributed by atoms with Gasteiger partial charge in [-0.05, 0) is 36.6 Å². The van der Waals surface area contributed by atoms with E-state index in [1.807, 2.05) is 4.72 Å². The molecule has 0 spiro atoms. The fraction of sp³-hybridized carbons (Fsp3) is 0.333. The van der Waals surface area contributed by atoms with Crippen molar-refractivity contribution in [1.29, 1.82) is 0 Å².